The van der Waals surface area contributed by atoms with Gasteiger partial charge in [-0.3, -0.25) is 9.69 Å². The zero-order chi connectivity index (χ0) is 13.1. The van der Waals surface area contributed by atoms with Gasteiger partial charge < -0.3 is 4.74 Å². The number of esters is 1. The highest BCUT2D eigenvalue weighted by Gasteiger charge is 2.23. The van der Waals surface area contributed by atoms with Gasteiger partial charge in [-0.1, -0.05) is 0 Å². The second-order valence-corrected chi connectivity index (χ2v) is 4.17. The van der Waals surface area contributed by atoms with Gasteiger partial charge >= 0.3 is 5.97 Å². The summed E-state index contributed by atoms with van der Waals surface area (Å²) in [6.45, 7) is 4.54. The molecule has 1 fully saturated rings. The quantitative estimate of drug-likeness (QED) is 0.764. The number of carbonyl (C=O) groups is 2. The number of hydrogen-bond acceptors (Lipinski definition) is 4. The highest BCUT2D eigenvalue weighted by molar-refractivity contribution is 5.95. The first-order valence-electron chi connectivity index (χ1n) is 6.08. The number of ether oxygens (including phenoxy) is 1. The normalized spacial score (nSPS) is 15.0. The Labute approximate surface area is 106 Å². The Bertz CT molecular complexity index is 485. The molecule has 2 heterocycles. The fraction of sp³-hybridized carbons (Fsp3) is 0.462. The van der Waals surface area contributed by atoms with Gasteiger partial charge in [-0.15, -0.1) is 0 Å². The van der Waals surface area contributed by atoms with E-state index >= 15 is 0 Å². The molecule has 1 aromatic rings. The Kier molecular flexibility index (Phi) is 3.60. The first-order chi connectivity index (χ1) is 8.63. The van der Waals surface area contributed by atoms with Gasteiger partial charge in [0.25, 0.3) is 0 Å². The summed E-state index contributed by atoms with van der Waals surface area (Å²) < 4.78 is 4.94. The molecule has 0 aliphatic carbocycles. The summed E-state index contributed by atoms with van der Waals surface area (Å²) in [4.78, 5) is 29.2. The van der Waals surface area contributed by atoms with Crippen LogP contribution >= 0.6 is 0 Å². The number of amides is 1. The standard InChI is InChI=1S/C13H16N2O3/c1-3-18-13(17)10-6-7-11(14-9(10)2)15-8-4-5-12(15)16/h6-7H,3-5,8H2,1-2H3. The van der Waals surface area contributed by atoms with E-state index in [9.17, 15) is 9.59 Å². The Morgan fingerprint density at radius 3 is 2.83 bits per heavy atom. The van der Waals surface area contributed by atoms with Crippen LogP contribution in [0, 0.1) is 6.92 Å². The molecule has 1 aliphatic rings. The lowest BCUT2D eigenvalue weighted by Gasteiger charge is -2.15. The van der Waals surface area contributed by atoms with Crippen molar-refractivity contribution >= 4 is 17.7 Å². The van der Waals surface area contributed by atoms with Crippen LogP contribution in [0.15, 0.2) is 12.1 Å². The van der Waals surface area contributed by atoms with Crippen LogP contribution in [0.1, 0.15) is 35.8 Å². The molecule has 96 valence electrons. The van der Waals surface area contributed by atoms with Crippen LogP contribution in [0.2, 0.25) is 0 Å². The van der Waals surface area contributed by atoms with Gasteiger partial charge in [-0.2, -0.15) is 0 Å². The zero-order valence-electron chi connectivity index (χ0n) is 10.6. The Morgan fingerprint density at radius 2 is 2.28 bits per heavy atom. The van der Waals surface area contributed by atoms with Crippen LogP contribution in [-0.4, -0.2) is 30.0 Å². The minimum Gasteiger partial charge on any atom is -0.462 e. The molecule has 0 radical (unpaired) electrons. The van der Waals surface area contributed by atoms with Gasteiger partial charge in [0.1, 0.15) is 5.82 Å². The maximum Gasteiger partial charge on any atom is 0.339 e. The monoisotopic (exact) mass is 248 g/mol. The number of carbonyl (C=O) groups excluding carboxylic acids is 2. The molecule has 18 heavy (non-hydrogen) atoms. The van der Waals surface area contributed by atoms with Gasteiger partial charge in [-0.25, -0.2) is 9.78 Å². The summed E-state index contributed by atoms with van der Waals surface area (Å²) in [5, 5.41) is 0. The van der Waals surface area contributed by atoms with Crippen molar-refractivity contribution < 1.29 is 14.3 Å². The molecule has 5 nitrogen and oxygen atoms in total. The van der Waals surface area contributed by atoms with Gasteiger partial charge in [-0.05, 0) is 32.4 Å². The molecule has 0 bridgehead atoms. The number of aromatic nitrogens is 1. The highest BCUT2D eigenvalue weighted by atomic mass is 16.5. The van der Waals surface area contributed by atoms with Gasteiger partial charge in [0, 0.05) is 13.0 Å². The van der Waals surface area contributed by atoms with Gasteiger partial charge in [0.05, 0.1) is 17.9 Å². The highest BCUT2D eigenvalue weighted by Crippen LogP contribution is 2.21. The van der Waals surface area contributed by atoms with E-state index in [0.29, 0.717) is 36.6 Å². The Balaban J connectivity index is 2.24. The van der Waals surface area contributed by atoms with E-state index in [1.54, 1.807) is 30.9 Å². The van der Waals surface area contributed by atoms with E-state index < -0.39 is 0 Å². The van der Waals surface area contributed by atoms with Crippen LogP contribution in [0.4, 0.5) is 5.82 Å². The lowest BCUT2D eigenvalue weighted by molar-refractivity contribution is -0.117. The Morgan fingerprint density at radius 1 is 1.50 bits per heavy atom. The average Bonchev–Trinajstić information content (AvgIpc) is 2.75. The number of rotatable bonds is 3. The predicted molar refractivity (Wildman–Crippen MR) is 66.5 cm³/mol. The molecule has 1 aromatic heterocycles. The third-order valence-corrected chi connectivity index (χ3v) is 2.92. The van der Waals surface area contributed by atoms with Crippen molar-refractivity contribution in [1.29, 1.82) is 0 Å². The van der Waals surface area contributed by atoms with Crippen LogP contribution < -0.4 is 4.90 Å². The molecule has 1 saturated heterocycles. The van der Waals surface area contributed by atoms with Crippen molar-refractivity contribution in [1.82, 2.24) is 4.98 Å². The van der Waals surface area contributed by atoms with Crippen molar-refractivity contribution in [3.05, 3.63) is 23.4 Å². The number of nitrogens with zero attached hydrogens (tertiary/aromatic N) is 2. The van der Waals surface area contributed by atoms with Crippen molar-refractivity contribution in [3.63, 3.8) is 0 Å². The Hall–Kier alpha value is -1.91. The van der Waals surface area contributed by atoms with Crippen molar-refractivity contribution in [2.45, 2.75) is 26.7 Å². The van der Waals surface area contributed by atoms with Crippen LogP contribution in [0.3, 0.4) is 0 Å². The first kappa shape index (κ1) is 12.5. The molecule has 1 aliphatic heterocycles. The summed E-state index contributed by atoms with van der Waals surface area (Å²) in [5.74, 6) is 0.329. The van der Waals surface area contributed by atoms with E-state index in [4.69, 9.17) is 4.74 Å². The largest absolute Gasteiger partial charge is 0.462 e. The van der Waals surface area contributed by atoms with Crippen LogP contribution in [0.25, 0.3) is 0 Å². The van der Waals surface area contributed by atoms with E-state index in [1.165, 1.54) is 0 Å². The molecule has 0 aromatic carbocycles. The van der Waals surface area contributed by atoms with Crippen LogP contribution in [0.5, 0.6) is 0 Å². The van der Waals surface area contributed by atoms with Crippen molar-refractivity contribution in [2.24, 2.45) is 0 Å². The predicted octanol–water partition coefficient (Wildman–Crippen LogP) is 1.69. The van der Waals surface area contributed by atoms with Gasteiger partial charge in [0.15, 0.2) is 0 Å². The summed E-state index contributed by atoms with van der Waals surface area (Å²) >= 11 is 0. The summed E-state index contributed by atoms with van der Waals surface area (Å²) in [5.41, 5.74) is 1.04. The molecular formula is C13H16N2O3. The smallest absolute Gasteiger partial charge is 0.339 e. The third-order valence-electron chi connectivity index (χ3n) is 2.92. The molecule has 0 atom stereocenters. The number of pyridine rings is 1. The lowest BCUT2D eigenvalue weighted by Crippen LogP contribution is -2.25. The van der Waals surface area contributed by atoms with Gasteiger partial charge in [0.2, 0.25) is 5.91 Å². The molecule has 1 amide bonds. The summed E-state index contributed by atoms with van der Waals surface area (Å²) in [7, 11) is 0. The second kappa shape index (κ2) is 5.16. The molecule has 5 heteroatoms. The third kappa shape index (κ3) is 2.34. The molecular weight excluding hydrogens is 232 g/mol. The van der Waals surface area contributed by atoms with Crippen molar-refractivity contribution in [2.75, 3.05) is 18.1 Å². The van der Waals surface area contributed by atoms with E-state index in [0.717, 1.165) is 6.42 Å². The lowest BCUT2D eigenvalue weighted by atomic mass is 10.2. The SMILES string of the molecule is CCOC(=O)c1ccc(N2CCCC2=O)nc1C. The minimum atomic E-state index is -0.373. The zero-order valence-corrected chi connectivity index (χ0v) is 10.6. The summed E-state index contributed by atoms with van der Waals surface area (Å²) in [6, 6.07) is 3.36. The van der Waals surface area contributed by atoms with E-state index in [1.807, 2.05) is 0 Å². The maximum absolute atomic E-state index is 11.6. The van der Waals surface area contributed by atoms with E-state index in [2.05, 4.69) is 4.98 Å². The molecule has 0 N–H and O–H groups in total. The molecule has 0 saturated carbocycles. The summed E-state index contributed by atoms with van der Waals surface area (Å²) in [6.07, 6.45) is 1.43. The van der Waals surface area contributed by atoms with E-state index in [-0.39, 0.29) is 11.9 Å². The number of anilines is 1. The first-order valence-corrected chi connectivity index (χ1v) is 6.08. The minimum absolute atomic E-state index is 0.0887. The second-order valence-electron chi connectivity index (χ2n) is 4.17. The fourth-order valence-electron chi connectivity index (χ4n) is 2.01. The molecule has 2 rings (SSSR count). The van der Waals surface area contributed by atoms with Crippen molar-refractivity contribution in [3.8, 4) is 0 Å². The maximum atomic E-state index is 11.6. The molecule has 0 spiro atoms. The van der Waals surface area contributed by atoms with Crippen LogP contribution in [-0.2, 0) is 9.53 Å². The topological polar surface area (TPSA) is 59.5 Å². The molecule has 0 unspecified atom stereocenters. The average molecular weight is 248 g/mol. The number of hydrogen-bond donors (Lipinski definition) is 0. The number of aryl methyl sites for hydroxylation is 1. The fourth-order valence-corrected chi connectivity index (χ4v) is 2.01.